The van der Waals surface area contributed by atoms with Crippen molar-refractivity contribution in [3.05, 3.63) is 41.9 Å². The van der Waals surface area contributed by atoms with Crippen molar-refractivity contribution >= 4 is 12.0 Å². The Hall–Kier alpha value is -2.90. The van der Waals surface area contributed by atoms with E-state index in [9.17, 15) is 9.59 Å². The Labute approximate surface area is 158 Å². The number of methoxy groups -OCH3 is 1. The van der Waals surface area contributed by atoms with Gasteiger partial charge in [-0.05, 0) is 24.5 Å². The number of hydrogen-bond acceptors (Lipinski definition) is 5. The van der Waals surface area contributed by atoms with E-state index in [1.807, 2.05) is 32.0 Å². The van der Waals surface area contributed by atoms with Gasteiger partial charge in [0.25, 0.3) is 5.91 Å². The minimum absolute atomic E-state index is 0.0624. The van der Waals surface area contributed by atoms with Crippen LogP contribution in [-0.4, -0.2) is 69.9 Å². The van der Waals surface area contributed by atoms with E-state index in [1.165, 1.54) is 7.11 Å². The van der Waals surface area contributed by atoms with Gasteiger partial charge in [0.05, 0.1) is 24.6 Å². The van der Waals surface area contributed by atoms with E-state index in [0.717, 1.165) is 5.69 Å². The SMILES string of the molecule is COC(=O)N1CCCN(C(=O)c2cnn(-c3ccccn3)c2C(C)C)CC1. The molecule has 144 valence electrons. The van der Waals surface area contributed by atoms with Crippen molar-refractivity contribution in [2.24, 2.45) is 0 Å². The van der Waals surface area contributed by atoms with Gasteiger partial charge in [0.1, 0.15) is 0 Å². The minimum atomic E-state index is -0.352. The first-order valence-electron chi connectivity index (χ1n) is 9.14. The van der Waals surface area contributed by atoms with Crippen molar-refractivity contribution in [1.82, 2.24) is 24.6 Å². The Morgan fingerprint density at radius 2 is 1.85 bits per heavy atom. The molecule has 0 N–H and O–H groups in total. The van der Waals surface area contributed by atoms with Gasteiger partial charge >= 0.3 is 6.09 Å². The largest absolute Gasteiger partial charge is 0.453 e. The maximum absolute atomic E-state index is 13.2. The first-order valence-corrected chi connectivity index (χ1v) is 9.14. The predicted molar refractivity (Wildman–Crippen MR) is 99.9 cm³/mol. The highest BCUT2D eigenvalue weighted by Crippen LogP contribution is 2.24. The number of pyridine rings is 1. The van der Waals surface area contributed by atoms with Crippen molar-refractivity contribution < 1.29 is 14.3 Å². The molecule has 3 rings (SSSR count). The third-order valence-corrected chi connectivity index (χ3v) is 4.67. The summed E-state index contributed by atoms with van der Waals surface area (Å²) in [7, 11) is 1.37. The van der Waals surface area contributed by atoms with Crippen molar-refractivity contribution in [3.8, 4) is 5.82 Å². The van der Waals surface area contributed by atoms with Crippen LogP contribution >= 0.6 is 0 Å². The fraction of sp³-hybridized carbons (Fsp3) is 0.474. The van der Waals surface area contributed by atoms with Gasteiger partial charge in [-0.25, -0.2) is 14.5 Å². The number of carbonyl (C=O) groups excluding carboxylic acids is 2. The molecule has 8 nitrogen and oxygen atoms in total. The molecule has 2 aromatic heterocycles. The zero-order chi connectivity index (χ0) is 19.4. The van der Waals surface area contributed by atoms with Gasteiger partial charge in [0.2, 0.25) is 0 Å². The Morgan fingerprint density at radius 1 is 1.11 bits per heavy atom. The molecule has 2 amide bonds. The van der Waals surface area contributed by atoms with Crippen LogP contribution in [0.25, 0.3) is 5.82 Å². The first-order chi connectivity index (χ1) is 13.0. The van der Waals surface area contributed by atoms with Gasteiger partial charge in [-0.2, -0.15) is 5.10 Å². The normalized spacial score (nSPS) is 15.0. The molecule has 0 aromatic carbocycles. The summed E-state index contributed by atoms with van der Waals surface area (Å²) in [5, 5.41) is 4.43. The predicted octanol–water partition coefficient (Wildman–Crippen LogP) is 2.31. The molecule has 1 saturated heterocycles. The third-order valence-electron chi connectivity index (χ3n) is 4.67. The van der Waals surface area contributed by atoms with Gasteiger partial charge in [0, 0.05) is 32.4 Å². The second-order valence-electron chi connectivity index (χ2n) is 6.80. The molecule has 1 fully saturated rings. The van der Waals surface area contributed by atoms with E-state index in [-0.39, 0.29) is 17.9 Å². The summed E-state index contributed by atoms with van der Waals surface area (Å²) in [4.78, 5) is 32.7. The van der Waals surface area contributed by atoms with Gasteiger partial charge in [0.15, 0.2) is 5.82 Å². The van der Waals surface area contributed by atoms with Crippen LogP contribution in [0, 0.1) is 0 Å². The molecule has 1 aliphatic rings. The third kappa shape index (κ3) is 3.94. The van der Waals surface area contributed by atoms with Crippen LogP contribution < -0.4 is 0 Å². The minimum Gasteiger partial charge on any atom is -0.453 e. The molecular formula is C19H25N5O3. The summed E-state index contributed by atoms with van der Waals surface area (Å²) in [6.45, 7) is 6.19. The van der Waals surface area contributed by atoms with Gasteiger partial charge < -0.3 is 14.5 Å². The van der Waals surface area contributed by atoms with Crippen LogP contribution in [0.4, 0.5) is 4.79 Å². The molecule has 0 bridgehead atoms. The molecule has 0 atom stereocenters. The second-order valence-corrected chi connectivity index (χ2v) is 6.80. The number of hydrogen-bond donors (Lipinski definition) is 0. The van der Waals surface area contributed by atoms with Gasteiger partial charge in [-0.15, -0.1) is 0 Å². The monoisotopic (exact) mass is 371 g/mol. The lowest BCUT2D eigenvalue weighted by Crippen LogP contribution is -2.37. The molecule has 8 heteroatoms. The standard InChI is InChI=1S/C19H25N5O3/c1-14(2)17-15(13-21-24(17)16-7-4-5-8-20-16)18(25)22-9-6-10-23(12-11-22)19(26)27-3/h4-5,7-8,13-14H,6,9-12H2,1-3H3. The van der Waals surface area contributed by atoms with Crippen LogP contribution in [0.15, 0.2) is 30.6 Å². The lowest BCUT2D eigenvalue weighted by molar-refractivity contribution is 0.0755. The molecule has 0 radical (unpaired) electrons. The lowest BCUT2D eigenvalue weighted by Gasteiger charge is -2.22. The highest BCUT2D eigenvalue weighted by molar-refractivity contribution is 5.95. The van der Waals surface area contributed by atoms with E-state index in [4.69, 9.17) is 4.74 Å². The Bertz CT molecular complexity index is 803. The molecule has 0 saturated carbocycles. The average Bonchev–Trinajstić information content (AvgIpc) is 2.99. The highest BCUT2D eigenvalue weighted by Gasteiger charge is 2.27. The Balaban J connectivity index is 1.85. The van der Waals surface area contributed by atoms with E-state index in [1.54, 1.807) is 26.9 Å². The van der Waals surface area contributed by atoms with Crippen LogP contribution in [-0.2, 0) is 4.74 Å². The molecule has 0 unspecified atom stereocenters. The maximum atomic E-state index is 13.2. The van der Waals surface area contributed by atoms with Crippen LogP contribution in [0.1, 0.15) is 42.2 Å². The van der Waals surface area contributed by atoms with E-state index >= 15 is 0 Å². The summed E-state index contributed by atoms with van der Waals surface area (Å²) < 4.78 is 6.52. The van der Waals surface area contributed by atoms with Crippen LogP contribution in [0.5, 0.6) is 0 Å². The summed E-state index contributed by atoms with van der Waals surface area (Å²) in [6.07, 6.45) is 3.69. The summed E-state index contributed by atoms with van der Waals surface area (Å²) in [6, 6.07) is 5.61. The maximum Gasteiger partial charge on any atom is 0.409 e. The molecule has 3 heterocycles. The molecule has 1 aliphatic heterocycles. The Kier molecular flexibility index (Phi) is 5.73. The molecular weight excluding hydrogens is 346 g/mol. The van der Waals surface area contributed by atoms with Crippen molar-refractivity contribution in [1.29, 1.82) is 0 Å². The fourth-order valence-corrected chi connectivity index (χ4v) is 3.34. The topological polar surface area (TPSA) is 80.6 Å². The molecule has 0 aliphatic carbocycles. The lowest BCUT2D eigenvalue weighted by atomic mass is 10.0. The van der Waals surface area contributed by atoms with Gasteiger partial charge in [-0.3, -0.25) is 4.79 Å². The van der Waals surface area contributed by atoms with Crippen LogP contribution in [0.2, 0.25) is 0 Å². The smallest absolute Gasteiger partial charge is 0.409 e. The zero-order valence-electron chi connectivity index (χ0n) is 16.0. The number of amides is 2. The van der Waals surface area contributed by atoms with E-state index < -0.39 is 0 Å². The first kappa shape index (κ1) is 18.9. The number of carbonyl (C=O) groups is 2. The van der Waals surface area contributed by atoms with E-state index in [2.05, 4.69) is 10.1 Å². The highest BCUT2D eigenvalue weighted by atomic mass is 16.5. The summed E-state index contributed by atoms with van der Waals surface area (Å²) >= 11 is 0. The Morgan fingerprint density at radius 3 is 2.52 bits per heavy atom. The van der Waals surface area contributed by atoms with Crippen LogP contribution in [0.3, 0.4) is 0 Å². The van der Waals surface area contributed by atoms with Crippen molar-refractivity contribution in [2.45, 2.75) is 26.2 Å². The number of nitrogens with zero attached hydrogens (tertiary/aromatic N) is 5. The van der Waals surface area contributed by atoms with Crippen molar-refractivity contribution in [2.75, 3.05) is 33.3 Å². The summed E-state index contributed by atoms with van der Waals surface area (Å²) in [5.74, 6) is 0.729. The second kappa shape index (κ2) is 8.20. The van der Waals surface area contributed by atoms with Crippen molar-refractivity contribution in [3.63, 3.8) is 0 Å². The zero-order valence-corrected chi connectivity index (χ0v) is 16.0. The molecule has 0 spiro atoms. The number of rotatable bonds is 3. The molecule has 27 heavy (non-hydrogen) atoms. The summed E-state index contributed by atoms with van der Waals surface area (Å²) in [5.41, 5.74) is 1.43. The number of aromatic nitrogens is 3. The molecule has 2 aromatic rings. The number of ether oxygens (including phenoxy) is 1. The van der Waals surface area contributed by atoms with Gasteiger partial charge in [-0.1, -0.05) is 19.9 Å². The fourth-order valence-electron chi connectivity index (χ4n) is 3.34. The quantitative estimate of drug-likeness (QED) is 0.827. The average molecular weight is 371 g/mol. The van der Waals surface area contributed by atoms with E-state index in [0.29, 0.717) is 44.0 Å².